The summed E-state index contributed by atoms with van der Waals surface area (Å²) in [5.41, 5.74) is 0. The Labute approximate surface area is 75.3 Å². The van der Waals surface area contributed by atoms with Crippen molar-refractivity contribution >= 4 is 9.84 Å². The Morgan fingerprint density at radius 1 is 1.17 bits per heavy atom. The molecule has 3 heteroatoms. The van der Waals surface area contributed by atoms with Gasteiger partial charge in [-0.2, -0.15) is 0 Å². The summed E-state index contributed by atoms with van der Waals surface area (Å²) in [6.07, 6.45) is 6.16. The highest BCUT2D eigenvalue weighted by Gasteiger charge is 2.32. The molecule has 0 N–H and O–H groups in total. The zero-order chi connectivity index (χ0) is 9.03. The van der Waals surface area contributed by atoms with Gasteiger partial charge in [-0.3, -0.25) is 0 Å². The largest absolute Gasteiger partial charge is 0.229 e. The van der Waals surface area contributed by atoms with E-state index < -0.39 is 9.84 Å². The fourth-order valence-electron chi connectivity index (χ4n) is 1.70. The van der Waals surface area contributed by atoms with E-state index in [-0.39, 0.29) is 0 Å². The van der Waals surface area contributed by atoms with Crippen molar-refractivity contribution in [1.82, 2.24) is 0 Å². The molecule has 72 valence electrons. The maximum absolute atomic E-state index is 10.8. The molecule has 0 aromatic rings. The van der Waals surface area contributed by atoms with Crippen LogP contribution in [0.3, 0.4) is 0 Å². The van der Waals surface area contributed by atoms with E-state index in [4.69, 9.17) is 0 Å². The topological polar surface area (TPSA) is 34.1 Å². The van der Waals surface area contributed by atoms with E-state index in [0.717, 1.165) is 6.42 Å². The molecule has 0 saturated carbocycles. The van der Waals surface area contributed by atoms with Crippen LogP contribution in [0.4, 0.5) is 0 Å². The molecule has 0 amide bonds. The van der Waals surface area contributed by atoms with Gasteiger partial charge in [0.2, 0.25) is 0 Å². The van der Waals surface area contributed by atoms with E-state index in [1.54, 1.807) is 0 Å². The van der Waals surface area contributed by atoms with Gasteiger partial charge < -0.3 is 0 Å². The van der Waals surface area contributed by atoms with Gasteiger partial charge >= 0.3 is 0 Å². The average Bonchev–Trinajstić information content (AvgIpc) is 1.94. The SMILES string of the molecule is CCCCCCC1CS(=O)(=O)C1. The Kier molecular flexibility index (Phi) is 3.56. The van der Waals surface area contributed by atoms with Crippen molar-refractivity contribution in [3.05, 3.63) is 0 Å². The van der Waals surface area contributed by atoms with Crippen molar-refractivity contribution in [2.24, 2.45) is 5.92 Å². The molecular formula is C9H18O2S. The minimum absolute atomic E-state index is 0.457. The molecule has 1 heterocycles. The second-order valence-electron chi connectivity index (χ2n) is 3.79. The fourth-order valence-corrected chi connectivity index (χ4v) is 3.37. The first kappa shape index (κ1) is 10.0. The molecule has 0 aromatic heterocycles. The van der Waals surface area contributed by atoms with E-state index in [9.17, 15) is 8.42 Å². The monoisotopic (exact) mass is 190 g/mol. The minimum Gasteiger partial charge on any atom is -0.229 e. The van der Waals surface area contributed by atoms with Crippen molar-refractivity contribution in [2.45, 2.75) is 39.0 Å². The van der Waals surface area contributed by atoms with E-state index >= 15 is 0 Å². The van der Waals surface area contributed by atoms with Crippen LogP contribution >= 0.6 is 0 Å². The zero-order valence-electron chi connectivity index (χ0n) is 7.75. The summed E-state index contributed by atoms with van der Waals surface area (Å²) < 4.78 is 21.6. The summed E-state index contributed by atoms with van der Waals surface area (Å²) in [4.78, 5) is 0. The first-order chi connectivity index (χ1) is 5.64. The Morgan fingerprint density at radius 3 is 2.33 bits per heavy atom. The Morgan fingerprint density at radius 2 is 1.83 bits per heavy atom. The van der Waals surface area contributed by atoms with Crippen molar-refractivity contribution < 1.29 is 8.42 Å². The third-order valence-electron chi connectivity index (χ3n) is 2.45. The lowest BCUT2D eigenvalue weighted by Crippen LogP contribution is -2.35. The van der Waals surface area contributed by atoms with Crippen LogP contribution in [0, 0.1) is 5.92 Å². The van der Waals surface area contributed by atoms with E-state index in [2.05, 4.69) is 6.92 Å². The number of hydrogen-bond donors (Lipinski definition) is 0. The van der Waals surface area contributed by atoms with Crippen LogP contribution in [0.2, 0.25) is 0 Å². The molecule has 1 aliphatic heterocycles. The van der Waals surface area contributed by atoms with Crippen molar-refractivity contribution in [2.75, 3.05) is 11.5 Å². The molecule has 12 heavy (non-hydrogen) atoms. The number of sulfone groups is 1. The molecule has 2 nitrogen and oxygen atoms in total. The highest BCUT2D eigenvalue weighted by molar-refractivity contribution is 7.92. The molecule has 0 spiro atoms. The molecule has 0 radical (unpaired) electrons. The minimum atomic E-state index is -2.57. The molecule has 1 aliphatic rings. The van der Waals surface area contributed by atoms with E-state index in [1.807, 2.05) is 0 Å². The molecule has 0 bridgehead atoms. The Balaban J connectivity index is 1.97. The summed E-state index contributed by atoms with van der Waals surface area (Å²) in [6, 6.07) is 0. The summed E-state index contributed by atoms with van der Waals surface area (Å²) in [5.74, 6) is 1.41. The van der Waals surface area contributed by atoms with Crippen LogP contribution in [0.15, 0.2) is 0 Å². The van der Waals surface area contributed by atoms with Gasteiger partial charge in [-0.15, -0.1) is 0 Å². The first-order valence-corrected chi connectivity index (χ1v) is 6.66. The summed E-state index contributed by atoms with van der Waals surface area (Å²) >= 11 is 0. The second-order valence-corrected chi connectivity index (χ2v) is 5.95. The van der Waals surface area contributed by atoms with Gasteiger partial charge in [0.1, 0.15) is 0 Å². The quantitative estimate of drug-likeness (QED) is 0.621. The molecule has 0 aliphatic carbocycles. The maximum atomic E-state index is 10.8. The normalized spacial score (nSPS) is 22.1. The molecule has 1 saturated heterocycles. The molecule has 1 rings (SSSR count). The van der Waals surface area contributed by atoms with E-state index in [1.165, 1.54) is 25.7 Å². The lowest BCUT2D eigenvalue weighted by Gasteiger charge is -2.25. The lowest BCUT2D eigenvalue weighted by molar-refractivity contribution is 0.473. The highest BCUT2D eigenvalue weighted by atomic mass is 32.2. The standard InChI is InChI=1S/C9H18O2S/c1-2-3-4-5-6-9-7-12(10,11)8-9/h9H,2-8H2,1H3. The zero-order valence-corrected chi connectivity index (χ0v) is 8.57. The van der Waals surface area contributed by atoms with Crippen molar-refractivity contribution in [1.29, 1.82) is 0 Å². The number of unbranched alkanes of at least 4 members (excludes halogenated alkanes) is 3. The van der Waals surface area contributed by atoms with Gasteiger partial charge in [0, 0.05) is 0 Å². The third kappa shape index (κ3) is 3.13. The van der Waals surface area contributed by atoms with Crippen LogP contribution in [-0.4, -0.2) is 19.9 Å². The Bertz CT molecular complexity index is 207. The maximum Gasteiger partial charge on any atom is 0.150 e. The highest BCUT2D eigenvalue weighted by Crippen LogP contribution is 2.23. The van der Waals surface area contributed by atoms with Crippen molar-refractivity contribution in [3.63, 3.8) is 0 Å². The van der Waals surface area contributed by atoms with Crippen LogP contribution in [0.25, 0.3) is 0 Å². The predicted molar refractivity (Wildman–Crippen MR) is 50.9 cm³/mol. The summed E-state index contributed by atoms with van der Waals surface area (Å²) in [5, 5.41) is 0. The van der Waals surface area contributed by atoms with Gasteiger partial charge in [0.25, 0.3) is 0 Å². The summed E-state index contributed by atoms with van der Waals surface area (Å²) in [6.45, 7) is 2.19. The number of hydrogen-bond acceptors (Lipinski definition) is 2. The van der Waals surface area contributed by atoms with Gasteiger partial charge in [0.15, 0.2) is 9.84 Å². The smallest absolute Gasteiger partial charge is 0.150 e. The Hall–Kier alpha value is -0.0500. The molecule has 0 atom stereocenters. The van der Waals surface area contributed by atoms with Crippen LogP contribution < -0.4 is 0 Å². The van der Waals surface area contributed by atoms with Gasteiger partial charge in [-0.1, -0.05) is 32.6 Å². The van der Waals surface area contributed by atoms with E-state index in [0.29, 0.717) is 17.4 Å². The summed E-state index contributed by atoms with van der Waals surface area (Å²) in [7, 11) is -2.57. The molecule has 1 fully saturated rings. The predicted octanol–water partition coefficient (Wildman–Crippen LogP) is 2.00. The first-order valence-electron chi connectivity index (χ1n) is 4.84. The molecular weight excluding hydrogens is 172 g/mol. The number of rotatable bonds is 5. The van der Waals surface area contributed by atoms with Gasteiger partial charge in [-0.05, 0) is 12.3 Å². The van der Waals surface area contributed by atoms with Crippen LogP contribution in [0.1, 0.15) is 39.0 Å². The van der Waals surface area contributed by atoms with Crippen LogP contribution in [-0.2, 0) is 9.84 Å². The molecule has 0 unspecified atom stereocenters. The molecule has 0 aromatic carbocycles. The lowest BCUT2D eigenvalue weighted by atomic mass is 10.0. The van der Waals surface area contributed by atoms with Crippen LogP contribution in [0.5, 0.6) is 0 Å². The van der Waals surface area contributed by atoms with Gasteiger partial charge in [0.05, 0.1) is 11.5 Å². The average molecular weight is 190 g/mol. The second kappa shape index (κ2) is 4.26. The van der Waals surface area contributed by atoms with Gasteiger partial charge in [-0.25, -0.2) is 8.42 Å². The third-order valence-corrected chi connectivity index (χ3v) is 4.40. The fraction of sp³-hybridized carbons (Fsp3) is 1.00. The van der Waals surface area contributed by atoms with Crippen molar-refractivity contribution in [3.8, 4) is 0 Å².